The molecule has 0 spiro atoms. The van der Waals surface area contributed by atoms with Crippen molar-refractivity contribution in [1.29, 1.82) is 0 Å². The molecule has 0 aliphatic heterocycles. The van der Waals surface area contributed by atoms with E-state index in [-0.39, 0.29) is 24.3 Å². The second kappa shape index (κ2) is 7.08. The van der Waals surface area contributed by atoms with Gasteiger partial charge in [0.05, 0.1) is 17.6 Å². The number of alkyl halides is 3. The van der Waals surface area contributed by atoms with Crippen LogP contribution in [0.25, 0.3) is 0 Å². The number of hydrogen-bond donors (Lipinski definition) is 1. The summed E-state index contributed by atoms with van der Waals surface area (Å²) in [5.41, 5.74) is -0.268. The zero-order chi connectivity index (χ0) is 16.2. The molecule has 1 aromatic carbocycles. The molecule has 0 saturated carbocycles. The molecular formula is C12H13BrF3NO4. The number of halogens is 4. The van der Waals surface area contributed by atoms with Crippen LogP contribution in [0.4, 0.5) is 18.9 Å². The lowest BCUT2D eigenvalue weighted by atomic mass is 10.1. The molecule has 0 heterocycles. The number of benzene rings is 1. The summed E-state index contributed by atoms with van der Waals surface area (Å²) in [4.78, 5) is 10.3. The van der Waals surface area contributed by atoms with Gasteiger partial charge in [0.25, 0.3) is 0 Å². The van der Waals surface area contributed by atoms with Crippen LogP contribution in [0, 0.1) is 10.1 Å². The first-order valence-corrected chi connectivity index (χ1v) is 6.76. The third kappa shape index (κ3) is 5.50. The minimum absolute atomic E-state index is 0.142. The van der Waals surface area contributed by atoms with Gasteiger partial charge in [-0.2, -0.15) is 13.2 Å². The van der Waals surface area contributed by atoms with E-state index in [0.29, 0.717) is 4.47 Å². The average Bonchev–Trinajstić information content (AvgIpc) is 2.33. The Morgan fingerprint density at radius 1 is 1.48 bits per heavy atom. The van der Waals surface area contributed by atoms with Gasteiger partial charge in [-0.3, -0.25) is 10.1 Å². The first kappa shape index (κ1) is 17.7. The summed E-state index contributed by atoms with van der Waals surface area (Å²) < 4.78 is 41.6. The Balaban J connectivity index is 2.95. The van der Waals surface area contributed by atoms with Gasteiger partial charge >= 0.3 is 11.9 Å². The maximum absolute atomic E-state index is 12.0. The lowest BCUT2D eigenvalue weighted by Crippen LogP contribution is -2.11. The molecule has 21 heavy (non-hydrogen) atoms. The number of aliphatic hydroxyl groups excluding tert-OH is 1. The summed E-state index contributed by atoms with van der Waals surface area (Å²) in [5.74, 6) is -0.208. The topological polar surface area (TPSA) is 72.6 Å². The number of ether oxygens (including phenoxy) is 1. The van der Waals surface area contributed by atoms with E-state index in [1.807, 2.05) is 0 Å². The highest BCUT2D eigenvalue weighted by Crippen LogP contribution is 2.38. The van der Waals surface area contributed by atoms with Crippen molar-refractivity contribution in [3.63, 3.8) is 0 Å². The van der Waals surface area contributed by atoms with Crippen LogP contribution < -0.4 is 4.74 Å². The highest BCUT2D eigenvalue weighted by molar-refractivity contribution is 9.10. The monoisotopic (exact) mass is 371 g/mol. The Morgan fingerprint density at radius 2 is 2.10 bits per heavy atom. The summed E-state index contributed by atoms with van der Waals surface area (Å²) in [7, 11) is 0. The average molecular weight is 372 g/mol. The standard InChI is InChI=1S/C12H13BrF3NO4/c1-7(18)9-5-8(13)6-10(17(19)20)11(9)21-4-2-3-12(14,15)16/h5-7,18H,2-4H2,1H3/t7-/m1/s1. The van der Waals surface area contributed by atoms with Gasteiger partial charge in [-0.05, 0) is 19.4 Å². The van der Waals surface area contributed by atoms with E-state index in [4.69, 9.17) is 4.74 Å². The zero-order valence-electron chi connectivity index (χ0n) is 11.0. The molecule has 1 aromatic rings. The first-order chi connectivity index (χ1) is 9.61. The number of nitrogens with zero attached hydrogens (tertiary/aromatic N) is 1. The van der Waals surface area contributed by atoms with Crippen LogP contribution in [0.3, 0.4) is 0 Å². The van der Waals surface area contributed by atoms with Crippen LogP contribution in [0.2, 0.25) is 0 Å². The van der Waals surface area contributed by atoms with Crippen LogP contribution in [0.1, 0.15) is 31.4 Å². The molecular weight excluding hydrogens is 359 g/mol. The summed E-state index contributed by atoms with van der Waals surface area (Å²) in [6.45, 7) is 1.05. The van der Waals surface area contributed by atoms with E-state index in [1.165, 1.54) is 19.1 Å². The normalized spacial score (nSPS) is 13.0. The highest BCUT2D eigenvalue weighted by Gasteiger charge is 2.27. The number of hydrogen-bond acceptors (Lipinski definition) is 4. The highest BCUT2D eigenvalue weighted by atomic mass is 79.9. The maximum atomic E-state index is 12.0. The molecule has 0 saturated heterocycles. The molecule has 0 aromatic heterocycles. The quantitative estimate of drug-likeness (QED) is 0.463. The van der Waals surface area contributed by atoms with Crippen molar-refractivity contribution in [3.8, 4) is 5.75 Å². The molecule has 0 fully saturated rings. The molecule has 0 amide bonds. The number of aliphatic hydroxyl groups is 1. The van der Waals surface area contributed by atoms with E-state index in [0.717, 1.165) is 0 Å². The lowest BCUT2D eigenvalue weighted by Gasteiger charge is -2.14. The zero-order valence-corrected chi connectivity index (χ0v) is 12.6. The number of rotatable bonds is 6. The predicted molar refractivity (Wildman–Crippen MR) is 72.2 cm³/mol. The predicted octanol–water partition coefficient (Wildman–Crippen LogP) is 4.13. The molecule has 118 valence electrons. The lowest BCUT2D eigenvalue weighted by molar-refractivity contribution is -0.386. The van der Waals surface area contributed by atoms with E-state index in [9.17, 15) is 28.4 Å². The van der Waals surface area contributed by atoms with E-state index < -0.39 is 29.3 Å². The summed E-state index contributed by atoms with van der Waals surface area (Å²) in [6.07, 6.45) is -6.72. The van der Waals surface area contributed by atoms with Crippen molar-refractivity contribution in [1.82, 2.24) is 0 Å². The molecule has 1 atom stereocenters. The van der Waals surface area contributed by atoms with Crippen molar-refractivity contribution < 1.29 is 27.9 Å². The second-order valence-corrected chi connectivity index (χ2v) is 5.26. The van der Waals surface area contributed by atoms with Crippen molar-refractivity contribution in [2.45, 2.75) is 32.0 Å². The number of nitro groups is 1. The molecule has 0 unspecified atom stereocenters. The van der Waals surface area contributed by atoms with Crippen molar-refractivity contribution in [2.24, 2.45) is 0 Å². The van der Waals surface area contributed by atoms with Crippen LogP contribution in [-0.4, -0.2) is 22.8 Å². The van der Waals surface area contributed by atoms with Gasteiger partial charge in [0.1, 0.15) is 0 Å². The van der Waals surface area contributed by atoms with Crippen LogP contribution >= 0.6 is 15.9 Å². The van der Waals surface area contributed by atoms with Gasteiger partial charge in [0.15, 0.2) is 0 Å². The van der Waals surface area contributed by atoms with Gasteiger partial charge in [0.2, 0.25) is 5.75 Å². The van der Waals surface area contributed by atoms with Gasteiger partial charge in [0, 0.05) is 22.5 Å². The summed E-state index contributed by atoms with van der Waals surface area (Å²) >= 11 is 3.07. The van der Waals surface area contributed by atoms with Crippen LogP contribution in [0.15, 0.2) is 16.6 Å². The molecule has 9 heteroatoms. The molecule has 0 aliphatic carbocycles. The Morgan fingerprint density at radius 3 is 2.57 bits per heavy atom. The molecule has 0 aliphatic rings. The fraction of sp³-hybridized carbons (Fsp3) is 0.500. The van der Waals surface area contributed by atoms with Gasteiger partial charge in [-0.1, -0.05) is 15.9 Å². The Labute approximate surface area is 127 Å². The minimum atomic E-state index is -4.30. The Bertz CT molecular complexity index is 520. The summed E-state index contributed by atoms with van der Waals surface area (Å²) in [6, 6.07) is 2.60. The maximum Gasteiger partial charge on any atom is 0.389 e. The third-order valence-corrected chi connectivity index (χ3v) is 3.02. The fourth-order valence-corrected chi connectivity index (χ4v) is 2.11. The minimum Gasteiger partial charge on any atom is -0.487 e. The largest absolute Gasteiger partial charge is 0.487 e. The first-order valence-electron chi connectivity index (χ1n) is 5.97. The summed E-state index contributed by atoms with van der Waals surface area (Å²) in [5, 5.41) is 20.6. The molecule has 5 nitrogen and oxygen atoms in total. The molecule has 1 N–H and O–H groups in total. The fourth-order valence-electron chi connectivity index (χ4n) is 1.65. The Kier molecular flexibility index (Phi) is 5.97. The molecule has 1 rings (SSSR count). The van der Waals surface area contributed by atoms with E-state index in [2.05, 4.69) is 15.9 Å². The molecule has 0 radical (unpaired) electrons. The number of nitro benzene ring substituents is 1. The molecule has 0 bridgehead atoms. The van der Waals surface area contributed by atoms with Crippen molar-refractivity contribution in [2.75, 3.05) is 6.61 Å². The van der Waals surface area contributed by atoms with E-state index in [1.54, 1.807) is 0 Å². The third-order valence-electron chi connectivity index (χ3n) is 2.56. The van der Waals surface area contributed by atoms with Crippen molar-refractivity contribution in [3.05, 3.63) is 32.3 Å². The Hall–Kier alpha value is -1.35. The SMILES string of the molecule is C[C@@H](O)c1cc(Br)cc([N+](=O)[O-])c1OCCCC(F)(F)F. The van der Waals surface area contributed by atoms with Gasteiger partial charge in [-0.15, -0.1) is 0 Å². The smallest absolute Gasteiger partial charge is 0.389 e. The second-order valence-electron chi connectivity index (χ2n) is 4.34. The van der Waals surface area contributed by atoms with Gasteiger partial charge < -0.3 is 9.84 Å². The van der Waals surface area contributed by atoms with Crippen LogP contribution in [-0.2, 0) is 0 Å². The van der Waals surface area contributed by atoms with Gasteiger partial charge in [-0.25, -0.2) is 0 Å². The van der Waals surface area contributed by atoms with E-state index >= 15 is 0 Å². The van der Waals surface area contributed by atoms with Crippen LogP contribution in [0.5, 0.6) is 5.75 Å². The van der Waals surface area contributed by atoms with Crippen molar-refractivity contribution >= 4 is 21.6 Å².